The van der Waals surface area contributed by atoms with E-state index in [0.29, 0.717) is 16.6 Å². The number of hydrogen-bond donors (Lipinski definition) is 3. The predicted octanol–water partition coefficient (Wildman–Crippen LogP) is 4.91. The summed E-state index contributed by atoms with van der Waals surface area (Å²) in [5.74, 6) is -3.50. The smallest absolute Gasteiger partial charge is 0.297 e. The zero-order valence-electron chi connectivity index (χ0n) is 19.2. The normalized spacial score (nSPS) is 19.3. The van der Waals surface area contributed by atoms with Gasteiger partial charge in [-0.2, -0.15) is 0 Å². The molecule has 2 unspecified atom stereocenters. The highest BCUT2D eigenvalue weighted by Gasteiger charge is 2.53. The van der Waals surface area contributed by atoms with Crippen LogP contribution in [-0.4, -0.2) is 60.5 Å². The Labute approximate surface area is 200 Å². The Morgan fingerprint density at radius 3 is 2.29 bits per heavy atom. The molecule has 4 aromatic rings. The van der Waals surface area contributed by atoms with E-state index in [1.165, 1.54) is 6.07 Å². The van der Waals surface area contributed by atoms with Crippen LogP contribution >= 0.6 is 0 Å². The number of fused-ring (bicyclic) bond motifs is 1. The molecule has 0 amide bonds. The topological polar surface area (TPSA) is 73.4 Å². The van der Waals surface area contributed by atoms with Gasteiger partial charge >= 0.3 is 0 Å². The molecule has 9 heteroatoms. The van der Waals surface area contributed by atoms with Crippen molar-refractivity contribution >= 4 is 22.5 Å². The molecule has 0 aliphatic carbocycles. The number of aliphatic hydroxyl groups excluding tert-OH is 1. The highest BCUT2D eigenvalue weighted by atomic mass is 19.3. The summed E-state index contributed by atoms with van der Waals surface area (Å²) in [5, 5.41) is 11.8. The van der Waals surface area contributed by atoms with E-state index in [2.05, 4.69) is 15.3 Å². The molecule has 2 aromatic carbocycles. The Balaban J connectivity index is 1.38. The van der Waals surface area contributed by atoms with Gasteiger partial charge in [0.25, 0.3) is 5.92 Å². The highest BCUT2D eigenvalue weighted by Crippen LogP contribution is 2.35. The zero-order valence-corrected chi connectivity index (χ0v) is 19.2. The second-order valence-corrected chi connectivity index (χ2v) is 8.83. The molecule has 1 aliphatic rings. The maximum atomic E-state index is 14.9. The first-order valence-corrected chi connectivity index (χ1v) is 11.2. The fourth-order valence-corrected chi connectivity index (χ4v) is 4.24. The zero-order chi connectivity index (χ0) is 24.7. The molecule has 0 radical (unpaired) electrons. The maximum absolute atomic E-state index is 14.9. The molecule has 3 N–H and O–H groups in total. The van der Waals surface area contributed by atoms with E-state index in [4.69, 9.17) is 9.84 Å². The predicted molar refractivity (Wildman–Crippen MR) is 130 cm³/mol. The summed E-state index contributed by atoms with van der Waals surface area (Å²) in [6.45, 7) is -1.03. The third kappa shape index (κ3) is 4.33. The van der Waals surface area contributed by atoms with E-state index in [1.807, 2.05) is 67.5 Å². The summed E-state index contributed by atoms with van der Waals surface area (Å²) >= 11 is 0. The minimum Gasteiger partial charge on any atom is -0.393 e. The number of benzene rings is 2. The number of nitrogens with zero attached hydrogens (tertiary/aromatic N) is 2. The molecule has 3 heterocycles. The van der Waals surface area contributed by atoms with Gasteiger partial charge in [-0.25, -0.2) is 18.2 Å². The Morgan fingerprint density at radius 1 is 1.06 bits per heavy atom. The average molecular weight is 483 g/mol. The summed E-state index contributed by atoms with van der Waals surface area (Å²) in [7, 11) is 3.97. The quantitative estimate of drug-likeness (QED) is 0.364. The number of hydrogen-bond acceptors (Lipinski definition) is 5. The molecule has 35 heavy (non-hydrogen) atoms. The summed E-state index contributed by atoms with van der Waals surface area (Å²) in [6.07, 6.45) is -1.56. The van der Waals surface area contributed by atoms with Gasteiger partial charge in [0.1, 0.15) is 23.7 Å². The highest BCUT2D eigenvalue weighted by molar-refractivity contribution is 5.83. The first kappa shape index (κ1) is 23.2. The second kappa shape index (κ2) is 8.90. The average Bonchev–Trinajstić information content (AvgIpc) is 3.37. The van der Waals surface area contributed by atoms with E-state index in [-0.39, 0.29) is 18.1 Å². The van der Waals surface area contributed by atoms with Crippen molar-refractivity contribution in [3.63, 3.8) is 0 Å². The molecular weight excluding hydrogens is 457 g/mol. The minimum absolute atomic E-state index is 0.174. The van der Waals surface area contributed by atoms with E-state index in [0.717, 1.165) is 16.8 Å². The van der Waals surface area contributed by atoms with Gasteiger partial charge in [-0.05, 0) is 23.3 Å². The standard InChI is InChI=1S/C26H25F3N4O2/c1-33(2)18-9-7-16(8-10-18)15-3-5-17(6-4-15)25-19(27)11-20-21(31-25)12-24(30-20)32-22-14-35-23(13-34)26(22,28)29/h3-12,22-23,30,32,34H,13-14H2,1-2H3. The Kier molecular flexibility index (Phi) is 5.90. The SMILES string of the molecule is CN(C)c1ccc(-c2ccc(-c3nc4cc(NC5COC(CO)C5(F)F)[nH]c4cc3F)cc2)cc1. The Morgan fingerprint density at radius 2 is 1.69 bits per heavy atom. The molecule has 2 atom stereocenters. The number of rotatable bonds is 6. The number of ether oxygens (including phenoxy) is 1. The van der Waals surface area contributed by atoms with E-state index in [9.17, 15) is 13.2 Å². The summed E-state index contributed by atoms with van der Waals surface area (Å²) < 4.78 is 48.6. The van der Waals surface area contributed by atoms with Crippen LogP contribution in [0.2, 0.25) is 0 Å². The minimum atomic E-state index is -3.25. The number of aliphatic hydroxyl groups is 1. The van der Waals surface area contributed by atoms with Gasteiger partial charge in [0, 0.05) is 37.5 Å². The van der Waals surface area contributed by atoms with E-state index in [1.54, 1.807) is 6.07 Å². The molecular formula is C26H25F3N4O2. The number of aromatic nitrogens is 2. The number of anilines is 2. The molecule has 0 spiro atoms. The Hall–Kier alpha value is -3.56. The second-order valence-electron chi connectivity index (χ2n) is 8.83. The van der Waals surface area contributed by atoms with Crippen molar-refractivity contribution in [2.45, 2.75) is 18.1 Å². The van der Waals surface area contributed by atoms with Gasteiger partial charge in [-0.1, -0.05) is 36.4 Å². The molecule has 1 fully saturated rings. The van der Waals surface area contributed by atoms with Gasteiger partial charge < -0.3 is 25.0 Å². The van der Waals surface area contributed by atoms with Crippen LogP contribution < -0.4 is 10.2 Å². The largest absolute Gasteiger partial charge is 0.393 e. The van der Waals surface area contributed by atoms with Gasteiger partial charge in [0.2, 0.25) is 0 Å². The number of H-pyrrole nitrogens is 1. The van der Waals surface area contributed by atoms with Crippen LogP contribution in [0.15, 0.2) is 60.7 Å². The third-order valence-electron chi connectivity index (χ3n) is 6.28. The molecule has 2 aromatic heterocycles. The summed E-state index contributed by atoms with van der Waals surface area (Å²) in [4.78, 5) is 9.34. The lowest BCUT2D eigenvalue weighted by Crippen LogP contribution is -2.44. The van der Waals surface area contributed by atoms with Crippen LogP contribution in [0.1, 0.15) is 0 Å². The number of pyridine rings is 1. The summed E-state index contributed by atoms with van der Waals surface area (Å²) in [5.41, 5.74) is 4.74. The van der Waals surface area contributed by atoms with Crippen LogP contribution in [0, 0.1) is 5.82 Å². The van der Waals surface area contributed by atoms with Crippen LogP contribution in [0.3, 0.4) is 0 Å². The molecule has 0 bridgehead atoms. The number of alkyl halides is 2. The van der Waals surface area contributed by atoms with Crippen LogP contribution in [0.4, 0.5) is 24.7 Å². The van der Waals surface area contributed by atoms with Crippen molar-refractivity contribution in [2.75, 3.05) is 37.5 Å². The molecule has 182 valence electrons. The first-order valence-electron chi connectivity index (χ1n) is 11.2. The van der Waals surface area contributed by atoms with Crippen molar-refractivity contribution in [3.8, 4) is 22.4 Å². The van der Waals surface area contributed by atoms with Gasteiger partial charge in [-0.15, -0.1) is 0 Å². The maximum Gasteiger partial charge on any atom is 0.297 e. The first-order chi connectivity index (χ1) is 16.8. The van der Waals surface area contributed by atoms with Gasteiger partial charge in [0.05, 0.1) is 24.2 Å². The molecule has 0 saturated carbocycles. The number of halogens is 3. The van der Waals surface area contributed by atoms with E-state index >= 15 is 0 Å². The van der Waals surface area contributed by atoms with E-state index < -0.39 is 30.5 Å². The lowest BCUT2D eigenvalue weighted by molar-refractivity contribution is -0.0906. The number of aromatic amines is 1. The molecule has 1 saturated heterocycles. The molecule has 1 aliphatic heterocycles. The van der Waals surface area contributed by atoms with Crippen molar-refractivity contribution in [3.05, 3.63) is 66.5 Å². The Bertz CT molecular complexity index is 1340. The summed E-state index contributed by atoms with van der Waals surface area (Å²) in [6, 6.07) is 17.1. The fourth-order valence-electron chi connectivity index (χ4n) is 4.24. The van der Waals surface area contributed by atoms with Gasteiger partial charge in [-0.3, -0.25) is 0 Å². The lowest BCUT2D eigenvalue weighted by atomic mass is 10.0. The van der Waals surface area contributed by atoms with Crippen molar-refractivity contribution in [2.24, 2.45) is 0 Å². The molecule has 5 rings (SSSR count). The van der Waals surface area contributed by atoms with Gasteiger partial charge in [0.15, 0.2) is 5.82 Å². The fraction of sp³-hybridized carbons (Fsp3) is 0.269. The van der Waals surface area contributed by atoms with Crippen molar-refractivity contribution in [1.29, 1.82) is 0 Å². The number of nitrogens with one attached hydrogen (secondary N) is 2. The van der Waals surface area contributed by atoms with Crippen molar-refractivity contribution in [1.82, 2.24) is 9.97 Å². The van der Waals surface area contributed by atoms with Crippen molar-refractivity contribution < 1.29 is 23.0 Å². The monoisotopic (exact) mass is 482 g/mol. The third-order valence-corrected chi connectivity index (χ3v) is 6.28. The lowest BCUT2D eigenvalue weighted by Gasteiger charge is -2.22. The van der Waals surface area contributed by atoms with Crippen LogP contribution in [0.25, 0.3) is 33.4 Å². The molecule has 6 nitrogen and oxygen atoms in total. The van der Waals surface area contributed by atoms with Crippen LogP contribution in [-0.2, 0) is 4.74 Å². The van der Waals surface area contributed by atoms with Crippen LogP contribution in [0.5, 0.6) is 0 Å².